The molecule has 0 radical (unpaired) electrons. The van der Waals surface area contributed by atoms with Gasteiger partial charge in [-0.15, -0.1) is 24.0 Å². The van der Waals surface area contributed by atoms with Crippen LogP contribution < -0.4 is 15.8 Å². The van der Waals surface area contributed by atoms with Crippen molar-refractivity contribution >= 4 is 40.0 Å². The van der Waals surface area contributed by atoms with Crippen molar-refractivity contribution in [1.82, 2.24) is 10.6 Å². The molecule has 4 N–H and O–H groups in total. The van der Waals surface area contributed by atoms with E-state index in [0.29, 0.717) is 12.6 Å². The predicted octanol–water partition coefficient (Wildman–Crippen LogP) is 1.56. The van der Waals surface area contributed by atoms with Crippen molar-refractivity contribution in [3.05, 3.63) is 29.8 Å². The van der Waals surface area contributed by atoms with E-state index < -0.39 is 10.0 Å². The zero-order valence-corrected chi connectivity index (χ0v) is 15.7. The summed E-state index contributed by atoms with van der Waals surface area (Å²) in [4.78, 5) is 4.33. The zero-order chi connectivity index (χ0) is 15.3. The maximum absolute atomic E-state index is 11.2. The fourth-order valence-electron chi connectivity index (χ4n) is 2.44. The maximum Gasteiger partial charge on any atom is 0.238 e. The van der Waals surface area contributed by atoms with Crippen LogP contribution in [0.15, 0.2) is 34.2 Å². The Kier molecular flexibility index (Phi) is 7.57. The highest BCUT2D eigenvalue weighted by Crippen LogP contribution is 2.17. The molecular weight excluding hydrogens is 415 g/mol. The fourth-order valence-corrected chi connectivity index (χ4v) is 2.96. The molecule has 8 heteroatoms. The molecule has 0 amide bonds. The van der Waals surface area contributed by atoms with E-state index in [1.807, 2.05) is 0 Å². The van der Waals surface area contributed by atoms with Crippen LogP contribution in [0.1, 0.15) is 31.2 Å². The van der Waals surface area contributed by atoms with Gasteiger partial charge in [0.25, 0.3) is 0 Å². The third kappa shape index (κ3) is 5.73. The molecular formula is C14H23IN4O2S. The lowest BCUT2D eigenvalue weighted by molar-refractivity contribution is 0.597. The highest BCUT2D eigenvalue weighted by molar-refractivity contribution is 14.0. The molecule has 124 valence electrons. The third-order valence-corrected chi connectivity index (χ3v) is 4.56. The van der Waals surface area contributed by atoms with E-state index in [0.717, 1.165) is 11.5 Å². The van der Waals surface area contributed by atoms with Crippen molar-refractivity contribution in [2.75, 3.05) is 7.05 Å². The van der Waals surface area contributed by atoms with Gasteiger partial charge in [-0.05, 0) is 30.5 Å². The first-order valence-corrected chi connectivity index (χ1v) is 8.62. The van der Waals surface area contributed by atoms with Crippen molar-refractivity contribution in [3.8, 4) is 0 Å². The number of sulfonamides is 1. The normalized spacial score (nSPS) is 16.2. The summed E-state index contributed by atoms with van der Waals surface area (Å²) in [5.74, 6) is 0.775. The van der Waals surface area contributed by atoms with Crippen LogP contribution in [-0.2, 0) is 16.6 Å². The van der Waals surface area contributed by atoms with E-state index in [1.54, 1.807) is 19.2 Å². The molecule has 6 nitrogen and oxygen atoms in total. The summed E-state index contributed by atoms with van der Waals surface area (Å²) in [6, 6.07) is 7.02. The Bertz CT molecular complexity index is 596. The van der Waals surface area contributed by atoms with Gasteiger partial charge >= 0.3 is 0 Å². The average Bonchev–Trinajstić information content (AvgIpc) is 2.96. The molecule has 1 aliphatic carbocycles. The summed E-state index contributed by atoms with van der Waals surface area (Å²) < 4.78 is 22.4. The topological polar surface area (TPSA) is 96.6 Å². The van der Waals surface area contributed by atoms with Crippen LogP contribution in [0.5, 0.6) is 0 Å². The number of hydrogen-bond donors (Lipinski definition) is 3. The molecule has 1 saturated carbocycles. The number of halogens is 1. The molecule has 2 rings (SSSR count). The largest absolute Gasteiger partial charge is 0.354 e. The van der Waals surface area contributed by atoms with Crippen molar-refractivity contribution in [1.29, 1.82) is 0 Å². The summed E-state index contributed by atoms with van der Waals surface area (Å²) in [5, 5.41) is 11.7. The summed E-state index contributed by atoms with van der Waals surface area (Å²) in [6.45, 7) is 0.581. The van der Waals surface area contributed by atoms with Crippen molar-refractivity contribution in [2.24, 2.45) is 10.1 Å². The molecule has 0 saturated heterocycles. The van der Waals surface area contributed by atoms with Crippen molar-refractivity contribution < 1.29 is 8.42 Å². The van der Waals surface area contributed by atoms with Gasteiger partial charge in [-0.3, -0.25) is 4.99 Å². The Balaban J connectivity index is 0.00000242. The first-order chi connectivity index (χ1) is 9.99. The monoisotopic (exact) mass is 438 g/mol. The Labute approximate surface area is 149 Å². The molecule has 1 fully saturated rings. The van der Waals surface area contributed by atoms with E-state index >= 15 is 0 Å². The number of benzene rings is 1. The number of nitrogens with one attached hydrogen (secondary N) is 2. The molecule has 0 heterocycles. The Morgan fingerprint density at radius 1 is 1.27 bits per heavy atom. The second-order valence-corrected chi connectivity index (χ2v) is 6.80. The van der Waals surface area contributed by atoms with Crippen LogP contribution in [0.3, 0.4) is 0 Å². The van der Waals surface area contributed by atoms with Gasteiger partial charge < -0.3 is 10.6 Å². The maximum atomic E-state index is 11.2. The van der Waals surface area contributed by atoms with Gasteiger partial charge in [0.1, 0.15) is 0 Å². The number of primary sulfonamides is 1. The van der Waals surface area contributed by atoms with Gasteiger partial charge in [0.2, 0.25) is 10.0 Å². The van der Waals surface area contributed by atoms with Crippen LogP contribution in [-0.4, -0.2) is 27.5 Å². The average molecular weight is 438 g/mol. The van der Waals surface area contributed by atoms with Crippen molar-refractivity contribution in [3.63, 3.8) is 0 Å². The number of nitrogens with zero attached hydrogens (tertiary/aromatic N) is 1. The van der Waals surface area contributed by atoms with Gasteiger partial charge in [0.05, 0.1) is 4.90 Å². The Hall–Kier alpha value is -0.870. The van der Waals surface area contributed by atoms with Crippen LogP contribution in [0.2, 0.25) is 0 Å². The quantitative estimate of drug-likeness (QED) is 0.378. The molecule has 22 heavy (non-hydrogen) atoms. The number of nitrogens with two attached hydrogens (primary N) is 1. The van der Waals surface area contributed by atoms with Crippen molar-refractivity contribution in [2.45, 2.75) is 43.2 Å². The Morgan fingerprint density at radius 2 is 1.86 bits per heavy atom. The highest BCUT2D eigenvalue weighted by atomic mass is 127. The summed E-state index contributed by atoms with van der Waals surface area (Å²) in [5.41, 5.74) is 0.969. The summed E-state index contributed by atoms with van der Waals surface area (Å²) in [7, 11) is -1.88. The van der Waals surface area contributed by atoms with E-state index in [4.69, 9.17) is 5.14 Å². The molecule has 0 bridgehead atoms. The smallest absolute Gasteiger partial charge is 0.238 e. The minimum atomic E-state index is -3.63. The van der Waals surface area contributed by atoms with Gasteiger partial charge in [0.15, 0.2) is 5.96 Å². The second-order valence-electron chi connectivity index (χ2n) is 5.24. The molecule has 0 atom stereocenters. The number of guanidine groups is 1. The number of rotatable bonds is 4. The van der Waals surface area contributed by atoms with E-state index in [9.17, 15) is 8.42 Å². The lowest BCUT2D eigenvalue weighted by atomic mass is 10.2. The number of hydrogen-bond acceptors (Lipinski definition) is 3. The fraction of sp³-hybridized carbons (Fsp3) is 0.500. The molecule has 1 aromatic carbocycles. The van der Waals surface area contributed by atoms with Gasteiger partial charge in [0, 0.05) is 19.6 Å². The first kappa shape index (κ1) is 19.2. The molecule has 0 aromatic heterocycles. The lowest BCUT2D eigenvalue weighted by Crippen LogP contribution is -2.41. The SMILES string of the molecule is CN=C(NCc1ccc(S(N)(=O)=O)cc1)NC1CCCC1.I. The van der Waals surface area contributed by atoms with E-state index in [2.05, 4.69) is 15.6 Å². The predicted molar refractivity (Wildman–Crippen MR) is 98.8 cm³/mol. The standard InChI is InChI=1S/C14H22N4O2S.HI/c1-16-14(18-12-4-2-3-5-12)17-10-11-6-8-13(9-7-11)21(15,19)20;/h6-9,12H,2-5,10H2,1H3,(H2,15,19,20)(H2,16,17,18);1H. The molecule has 1 aliphatic rings. The molecule has 1 aromatic rings. The van der Waals surface area contributed by atoms with Crippen LogP contribution in [0.4, 0.5) is 0 Å². The highest BCUT2D eigenvalue weighted by Gasteiger charge is 2.15. The Morgan fingerprint density at radius 3 is 2.36 bits per heavy atom. The van der Waals surface area contributed by atoms with Crippen LogP contribution in [0.25, 0.3) is 0 Å². The second kappa shape index (κ2) is 8.68. The van der Waals surface area contributed by atoms with Gasteiger partial charge in [-0.25, -0.2) is 13.6 Å². The van der Waals surface area contributed by atoms with Crippen LogP contribution >= 0.6 is 24.0 Å². The van der Waals surface area contributed by atoms with Gasteiger partial charge in [-0.1, -0.05) is 25.0 Å². The minimum Gasteiger partial charge on any atom is -0.354 e. The molecule has 0 spiro atoms. The first-order valence-electron chi connectivity index (χ1n) is 7.08. The van der Waals surface area contributed by atoms with E-state index in [1.165, 1.54) is 37.8 Å². The van der Waals surface area contributed by atoms with E-state index in [-0.39, 0.29) is 28.9 Å². The third-order valence-electron chi connectivity index (χ3n) is 3.63. The zero-order valence-electron chi connectivity index (χ0n) is 12.6. The summed E-state index contributed by atoms with van der Waals surface area (Å²) in [6.07, 6.45) is 4.90. The lowest BCUT2D eigenvalue weighted by Gasteiger charge is -2.16. The summed E-state index contributed by atoms with van der Waals surface area (Å²) >= 11 is 0. The molecule has 0 aliphatic heterocycles. The minimum absolute atomic E-state index is 0. The number of aliphatic imine (C=N–C) groups is 1. The van der Waals surface area contributed by atoms with Crippen LogP contribution in [0, 0.1) is 0 Å². The van der Waals surface area contributed by atoms with Gasteiger partial charge in [-0.2, -0.15) is 0 Å². The molecule has 0 unspecified atom stereocenters.